The molecule has 0 radical (unpaired) electrons. The van der Waals surface area contributed by atoms with E-state index in [4.69, 9.17) is 4.74 Å². The van der Waals surface area contributed by atoms with Gasteiger partial charge in [0.05, 0.1) is 5.56 Å². The third kappa shape index (κ3) is 2.16. The number of benzene rings is 3. The molecule has 3 aliphatic heterocycles. The molecule has 2 spiro atoms. The summed E-state index contributed by atoms with van der Waals surface area (Å²) in [5.74, 6) is 0.196. The van der Waals surface area contributed by atoms with E-state index in [1.165, 1.54) is 0 Å². The van der Waals surface area contributed by atoms with Crippen molar-refractivity contribution in [1.82, 2.24) is 4.90 Å². The van der Waals surface area contributed by atoms with Crippen LogP contribution in [-0.4, -0.2) is 36.8 Å². The summed E-state index contributed by atoms with van der Waals surface area (Å²) >= 11 is 0. The number of carbonyl (C=O) groups is 2. The third-order valence-electron chi connectivity index (χ3n) is 7.64. The maximum absolute atomic E-state index is 14.5. The highest BCUT2D eigenvalue weighted by Gasteiger charge is 2.75. The summed E-state index contributed by atoms with van der Waals surface area (Å²) in [5.41, 5.74) is 2.12. The van der Waals surface area contributed by atoms with Gasteiger partial charge in [0.15, 0.2) is 5.78 Å². The van der Waals surface area contributed by atoms with Crippen molar-refractivity contribution in [3.8, 4) is 5.75 Å². The third-order valence-corrected chi connectivity index (χ3v) is 7.64. The largest absolute Gasteiger partial charge is 0.492 e. The van der Waals surface area contributed by atoms with Gasteiger partial charge in [0.25, 0.3) is 5.91 Å². The van der Waals surface area contributed by atoms with Gasteiger partial charge in [0.2, 0.25) is 0 Å². The van der Waals surface area contributed by atoms with Crippen molar-refractivity contribution in [3.63, 3.8) is 0 Å². The zero-order valence-electron chi connectivity index (χ0n) is 18.1. The molecule has 0 bridgehead atoms. The number of amides is 1. The lowest BCUT2D eigenvalue weighted by atomic mass is 9.57. The van der Waals surface area contributed by atoms with E-state index >= 15 is 0 Å². The van der Waals surface area contributed by atoms with Crippen LogP contribution < -0.4 is 10.1 Å². The Hall–Kier alpha value is -3.44. The highest BCUT2D eigenvalue weighted by molar-refractivity contribution is 6.15. The molecule has 6 rings (SSSR count). The van der Waals surface area contributed by atoms with Crippen molar-refractivity contribution in [2.24, 2.45) is 5.41 Å². The van der Waals surface area contributed by atoms with Crippen LogP contribution in [0, 0.1) is 12.3 Å². The molecule has 3 aromatic rings. The van der Waals surface area contributed by atoms with Gasteiger partial charge in [-0.3, -0.25) is 14.5 Å². The van der Waals surface area contributed by atoms with Crippen molar-refractivity contribution < 1.29 is 14.3 Å². The molecular weight excluding hydrogens is 400 g/mol. The van der Waals surface area contributed by atoms with Gasteiger partial charge in [-0.15, -0.1) is 0 Å². The molecule has 3 heterocycles. The van der Waals surface area contributed by atoms with E-state index in [0.717, 1.165) is 22.4 Å². The molecule has 3 aromatic carbocycles. The fourth-order valence-electron chi connectivity index (χ4n) is 6.22. The molecule has 1 fully saturated rings. The number of likely N-dealkylation sites (N-methyl/N-ethyl adjacent to an activating group) is 1. The Balaban J connectivity index is 1.67. The Bertz CT molecular complexity index is 1270. The Labute approximate surface area is 187 Å². The molecule has 0 aromatic heterocycles. The fourth-order valence-corrected chi connectivity index (χ4v) is 6.22. The van der Waals surface area contributed by atoms with E-state index < -0.39 is 11.0 Å². The lowest BCUT2D eigenvalue weighted by molar-refractivity contribution is -0.131. The minimum atomic E-state index is -1.15. The molecule has 0 saturated carbocycles. The molecule has 1 amide bonds. The quantitative estimate of drug-likeness (QED) is 0.638. The van der Waals surface area contributed by atoms with E-state index in [1.54, 1.807) is 0 Å². The van der Waals surface area contributed by atoms with E-state index in [0.29, 0.717) is 17.9 Å². The van der Waals surface area contributed by atoms with Crippen molar-refractivity contribution in [3.05, 3.63) is 95.1 Å². The number of para-hydroxylation sites is 2. The second kappa shape index (κ2) is 6.53. The average Bonchev–Trinajstić information content (AvgIpc) is 3.25. The van der Waals surface area contributed by atoms with Crippen LogP contribution in [0.1, 0.15) is 33.0 Å². The molecule has 32 heavy (non-hydrogen) atoms. The second-order valence-electron chi connectivity index (χ2n) is 9.14. The minimum absolute atomic E-state index is 0.0267. The summed E-state index contributed by atoms with van der Waals surface area (Å²) in [6, 6.07) is 23.4. The zero-order chi connectivity index (χ0) is 22.1. The highest BCUT2D eigenvalue weighted by Crippen LogP contribution is 2.64. The summed E-state index contributed by atoms with van der Waals surface area (Å²) in [6.07, 6.45) is 0. The number of nitrogens with one attached hydrogen (secondary N) is 1. The van der Waals surface area contributed by atoms with Crippen LogP contribution in [0.3, 0.4) is 0 Å². The molecule has 1 saturated heterocycles. The second-order valence-corrected chi connectivity index (χ2v) is 9.14. The number of rotatable bonds is 1. The summed E-state index contributed by atoms with van der Waals surface area (Å²) in [6.45, 7) is 2.77. The molecule has 5 nitrogen and oxygen atoms in total. The first-order chi connectivity index (χ1) is 15.5. The number of nitrogens with zero attached hydrogens (tertiary/aromatic N) is 1. The monoisotopic (exact) mass is 424 g/mol. The van der Waals surface area contributed by atoms with Crippen LogP contribution >= 0.6 is 0 Å². The molecule has 1 N–H and O–H groups in total. The highest BCUT2D eigenvalue weighted by atomic mass is 16.5. The van der Waals surface area contributed by atoms with Gasteiger partial charge in [0, 0.05) is 23.7 Å². The first-order valence-electron chi connectivity index (χ1n) is 11.0. The normalized spacial score (nSPS) is 28.5. The number of Topliss-reactive ketones (excluding diaryl/α,β-unsaturated/α-hetero) is 1. The lowest BCUT2D eigenvalue weighted by Crippen LogP contribution is -2.62. The number of anilines is 1. The van der Waals surface area contributed by atoms with E-state index in [9.17, 15) is 9.59 Å². The van der Waals surface area contributed by atoms with Crippen molar-refractivity contribution >= 4 is 17.4 Å². The van der Waals surface area contributed by atoms with E-state index in [2.05, 4.69) is 34.5 Å². The van der Waals surface area contributed by atoms with Gasteiger partial charge in [-0.2, -0.15) is 0 Å². The topological polar surface area (TPSA) is 58.6 Å². The van der Waals surface area contributed by atoms with Gasteiger partial charge in [-0.1, -0.05) is 60.2 Å². The van der Waals surface area contributed by atoms with Crippen LogP contribution in [0.5, 0.6) is 5.75 Å². The zero-order valence-corrected chi connectivity index (χ0v) is 18.1. The lowest BCUT2D eigenvalue weighted by Gasteiger charge is -2.47. The van der Waals surface area contributed by atoms with Crippen LogP contribution in [0.25, 0.3) is 0 Å². The fraction of sp³-hybridized carbons (Fsp3) is 0.259. The van der Waals surface area contributed by atoms with E-state index in [-0.39, 0.29) is 24.2 Å². The summed E-state index contributed by atoms with van der Waals surface area (Å²) in [5, 5.41) is 3.07. The van der Waals surface area contributed by atoms with Crippen molar-refractivity contribution in [1.29, 1.82) is 0 Å². The first-order valence-corrected chi connectivity index (χ1v) is 11.0. The molecule has 3 atom stereocenters. The Kier molecular flexibility index (Phi) is 3.93. The Morgan fingerprint density at radius 1 is 0.969 bits per heavy atom. The average molecular weight is 425 g/mol. The van der Waals surface area contributed by atoms with Gasteiger partial charge in [-0.25, -0.2) is 0 Å². The SMILES string of the molecule is Cc1ccc([C@@H]2CN(C)[C@]3(C(=O)Nc4ccccc43)[C@@]23COc2ccccc2C3=O)cc1. The molecular formula is C27H24N2O3. The minimum Gasteiger partial charge on any atom is -0.492 e. The summed E-state index contributed by atoms with van der Waals surface area (Å²) in [7, 11) is 1.95. The number of aryl methyl sites for hydroxylation is 1. The maximum Gasteiger partial charge on any atom is 0.250 e. The number of ether oxygens (including phenoxy) is 1. The number of hydrogen-bond acceptors (Lipinski definition) is 4. The number of hydrogen-bond donors (Lipinski definition) is 1. The molecule has 0 unspecified atom stereocenters. The van der Waals surface area contributed by atoms with Crippen LogP contribution in [0.4, 0.5) is 5.69 Å². The van der Waals surface area contributed by atoms with Crippen LogP contribution in [0.2, 0.25) is 0 Å². The molecule has 0 aliphatic carbocycles. The van der Waals surface area contributed by atoms with Crippen LogP contribution in [0.15, 0.2) is 72.8 Å². The number of ketones is 1. The standard InChI is InChI=1S/C27H24N2O3/c1-17-11-13-18(14-12-17)21-15-29(2)27(20-8-4-5-9-22(20)28-25(27)31)26(21)16-32-23-10-6-3-7-19(23)24(26)30/h3-14,21H,15-16H2,1-2H3,(H,28,31)/t21-,26-,27+/m0/s1. The smallest absolute Gasteiger partial charge is 0.250 e. The van der Waals surface area contributed by atoms with Gasteiger partial charge < -0.3 is 10.1 Å². The van der Waals surface area contributed by atoms with Gasteiger partial charge in [0.1, 0.15) is 23.3 Å². The molecule has 5 heteroatoms. The predicted molar refractivity (Wildman–Crippen MR) is 122 cm³/mol. The maximum atomic E-state index is 14.5. The number of fused-ring (bicyclic) bond motifs is 4. The number of carbonyl (C=O) groups excluding carboxylic acids is 2. The van der Waals surface area contributed by atoms with Gasteiger partial charge >= 0.3 is 0 Å². The first kappa shape index (κ1) is 19.3. The van der Waals surface area contributed by atoms with Crippen molar-refractivity contribution in [2.75, 3.05) is 25.5 Å². The van der Waals surface area contributed by atoms with E-state index in [1.807, 2.05) is 62.5 Å². The molecule has 3 aliphatic rings. The molecule has 160 valence electrons. The van der Waals surface area contributed by atoms with Crippen molar-refractivity contribution in [2.45, 2.75) is 18.4 Å². The predicted octanol–water partition coefficient (Wildman–Crippen LogP) is 4.13. The Morgan fingerprint density at radius 2 is 1.69 bits per heavy atom. The summed E-state index contributed by atoms with van der Waals surface area (Å²) < 4.78 is 6.28. The van der Waals surface area contributed by atoms with Gasteiger partial charge in [-0.05, 0) is 37.7 Å². The summed E-state index contributed by atoms with van der Waals surface area (Å²) in [4.78, 5) is 30.4. The van der Waals surface area contributed by atoms with Crippen LogP contribution in [-0.2, 0) is 10.3 Å². The number of likely N-dealkylation sites (tertiary alicyclic amines) is 1. The Morgan fingerprint density at radius 3 is 2.50 bits per heavy atom.